The zero-order valence-corrected chi connectivity index (χ0v) is 19.1. The predicted octanol–water partition coefficient (Wildman–Crippen LogP) is 3.81. The lowest BCUT2D eigenvalue weighted by molar-refractivity contribution is -0.143. The third-order valence-corrected chi connectivity index (χ3v) is 7.04. The van der Waals surface area contributed by atoms with E-state index in [1.165, 1.54) is 17.0 Å². The molecule has 4 rings (SSSR count). The molecule has 3 heterocycles. The summed E-state index contributed by atoms with van der Waals surface area (Å²) in [6.45, 7) is 3.79. The molecule has 0 N–H and O–H groups in total. The lowest BCUT2D eigenvalue weighted by Crippen LogP contribution is -2.49. The van der Waals surface area contributed by atoms with Gasteiger partial charge in [-0.3, -0.25) is 9.59 Å². The van der Waals surface area contributed by atoms with Gasteiger partial charge in [0, 0.05) is 37.1 Å². The maximum absolute atomic E-state index is 13.6. The summed E-state index contributed by atoms with van der Waals surface area (Å²) in [5, 5.41) is 2.03. The van der Waals surface area contributed by atoms with Crippen LogP contribution in [0.1, 0.15) is 42.7 Å². The third-order valence-electron chi connectivity index (χ3n) is 6.05. The van der Waals surface area contributed by atoms with Gasteiger partial charge in [-0.1, -0.05) is 13.0 Å². The van der Waals surface area contributed by atoms with Crippen molar-refractivity contribution in [2.45, 2.75) is 44.8 Å². The largest absolute Gasteiger partial charge is 0.491 e. The molecule has 0 saturated carbocycles. The second-order valence-electron chi connectivity index (χ2n) is 8.18. The van der Waals surface area contributed by atoms with Crippen molar-refractivity contribution in [3.63, 3.8) is 0 Å². The van der Waals surface area contributed by atoms with Crippen LogP contribution in [0.2, 0.25) is 0 Å². The van der Waals surface area contributed by atoms with E-state index in [-0.39, 0.29) is 42.9 Å². The summed E-state index contributed by atoms with van der Waals surface area (Å²) in [6, 6.07) is 7.77. The number of thiophene rings is 1. The normalized spacial score (nSPS) is 20.1. The average molecular weight is 461 g/mol. The van der Waals surface area contributed by atoms with E-state index >= 15 is 0 Å². The second kappa shape index (κ2) is 10.4. The van der Waals surface area contributed by atoms with Crippen LogP contribution >= 0.6 is 11.3 Å². The van der Waals surface area contributed by atoms with Gasteiger partial charge in [-0.05, 0) is 48.4 Å². The molecule has 2 aromatic rings. The molecule has 1 saturated heterocycles. The molecular formula is C24H29FN2O4S. The molecule has 0 unspecified atom stereocenters. The number of benzene rings is 1. The lowest BCUT2D eigenvalue weighted by atomic mass is 10.0. The van der Waals surface area contributed by atoms with Crippen LogP contribution in [0.5, 0.6) is 5.75 Å². The van der Waals surface area contributed by atoms with Crippen molar-refractivity contribution < 1.29 is 23.5 Å². The Morgan fingerprint density at radius 2 is 2.22 bits per heavy atom. The first-order valence-corrected chi connectivity index (χ1v) is 12.1. The van der Waals surface area contributed by atoms with Gasteiger partial charge in [0.2, 0.25) is 11.8 Å². The van der Waals surface area contributed by atoms with Crippen molar-refractivity contribution in [1.29, 1.82) is 0 Å². The van der Waals surface area contributed by atoms with Crippen molar-refractivity contribution in [1.82, 2.24) is 9.80 Å². The first kappa shape index (κ1) is 22.7. The van der Waals surface area contributed by atoms with Crippen LogP contribution in [0.3, 0.4) is 0 Å². The van der Waals surface area contributed by atoms with Crippen LogP contribution < -0.4 is 4.74 Å². The van der Waals surface area contributed by atoms with Gasteiger partial charge in [0.25, 0.3) is 0 Å². The molecule has 2 aliphatic rings. The predicted molar refractivity (Wildman–Crippen MR) is 120 cm³/mol. The number of ether oxygens (including phenoxy) is 2. The average Bonchev–Trinajstić information content (AvgIpc) is 3.48. The SMILES string of the molecule is CCC(=O)N(CC(=O)N1CCc2sccc2[C@H]1COc1cccc(F)c1)C[C@H]1CCCO1. The van der Waals surface area contributed by atoms with Gasteiger partial charge < -0.3 is 19.3 Å². The minimum absolute atomic E-state index is 0.00441. The number of amides is 2. The summed E-state index contributed by atoms with van der Waals surface area (Å²) in [5.74, 6) is -0.0804. The molecule has 1 aromatic carbocycles. The van der Waals surface area contributed by atoms with Gasteiger partial charge in [-0.25, -0.2) is 4.39 Å². The van der Waals surface area contributed by atoms with E-state index < -0.39 is 0 Å². The number of nitrogens with zero attached hydrogens (tertiary/aromatic N) is 2. The van der Waals surface area contributed by atoms with Gasteiger partial charge in [0.05, 0.1) is 18.7 Å². The fraction of sp³-hybridized carbons (Fsp3) is 0.500. The highest BCUT2D eigenvalue weighted by Gasteiger charge is 2.34. The summed E-state index contributed by atoms with van der Waals surface area (Å²) in [5.41, 5.74) is 1.07. The van der Waals surface area contributed by atoms with Crippen LogP contribution in [-0.4, -0.2) is 60.6 Å². The minimum atomic E-state index is -0.363. The molecular weight excluding hydrogens is 431 g/mol. The van der Waals surface area contributed by atoms with E-state index in [1.807, 2.05) is 18.4 Å². The van der Waals surface area contributed by atoms with Gasteiger partial charge in [0.15, 0.2) is 0 Å². The standard InChI is InChI=1S/C24H29FN2O4S/c1-2-23(28)26(14-19-7-4-11-30-19)15-24(29)27-10-8-22-20(9-12-32-22)21(27)16-31-18-6-3-5-17(25)13-18/h3,5-6,9,12-13,19,21H,2,4,7-8,10-11,14-16H2,1H3/t19-,21-/m1/s1. The molecule has 1 aromatic heterocycles. The Morgan fingerprint density at radius 3 is 2.97 bits per heavy atom. The molecule has 8 heteroatoms. The summed E-state index contributed by atoms with van der Waals surface area (Å²) >= 11 is 1.68. The van der Waals surface area contributed by atoms with E-state index in [0.29, 0.717) is 31.9 Å². The lowest BCUT2D eigenvalue weighted by Gasteiger charge is -2.37. The fourth-order valence-corrected chi connectivity index (χ4v) is 5.30. The van der Waals surface area contributed by atoms with E-state index in [2.05, 4.69) is 0 Å². The molecule has 2 atom stereocenters. The Bertz CT molecular complexity index is 944. The summed E-state index contributed by atoms with van der Waals surface area (Å²) in [6.07, 6.45) is 3.02. The van der Waals surface area contributed by atoms with Crippen molar-refractivity contribution in [3.05, 3.63) is 52.0 Å². The van der Waals surface area contributed by atoms with Crippen molar-refractivity contribution in [2.24, 2.45) is 0 Å². The minimum Gasteiger partial charge on any atom is -0.491 e. The van der Waals surface area contributed by atoms with Crippen molar-refractivity contribution in [2.75, 3.05) is 32.8 Å². The molecule has 0 radical (unpaired) electrons. The van der Waals surface area contributed by atoms with Crippen LogP contribution in [0, 0.1) is 5.82 Å². The Morgan fingerprint density at radius 1 is 1.34 bits per heavy atom. The van der Waals surface area contributed by atoms with Gasteiger partial charge in [-0.2, -0.15) is 0 Å². The zero-order valence-electron chi connectivity index (χ0n) is 18.3. The molecule has 1 fully saturated rings. The summed E-state index contributed by atoms with van der Waals surface area (Å²) in [7, 11) is 0. The molecule has 6 nitrogen and oxygen atoms in total. The highest BCUT2D eigenvalue weighted by atomic mass is 32.1. The molecule has 0 aliphatic carbocycles. The maximum Gasteiger partial charge on any atom is 0.242 e. The number of rotatable bonds is 8. The van der Waals surface area contributed by atoms with E-state index in [0.717, 1.165) is 24.8 Å². The molecule has 2 amide bonds. The Labute approximate surface area is 191 Å². The van der Waals surface area contributed by atoms with Crippen LogP contribution in [0.25, 0.3) is 0 Å². The maximum atomic E-state index is 13.6. The highest BCUT2D eigenvalue weighted by Crippen LogP contribution is 2.34. The highest BCUT2D eigenvalue weighted by molar-refractivity contribution is 7.10. The smallest absolute Gasteiger partial charge is 0.242 e. The second-order valence-corrected chi connectivity index (χ2v) is 9.18. The summed E-state index contributed by atoms with van der Waals surface area (Å²) < 4.78 is 25.1. The first-order valence-electron chi connectivity index (χ1n) is 11.2. The van der Waals surface area contributed by atoms with Crippen molar-refractivity contribution >= 4 is 23.2 Å². The number of hydrogen-bond donors (Lipinski definition) is 0. The van der Waals surface area contributed by atoms with Gasteiger partial charge >= 0.3 is 0 Å². The quantitative estimate of drug-likeness (QED) is 0.601. The first-order chi connectivity index (χ1) is 15.5. The van der Waals surface area contributed by atoms with Crippen LogP contribution in [0.15, 0.2) is 35.7 Å². The topological polar surface area (TPSA) is 59.1 Å². The van der Waals surface area contributed by atoms with Gasteiger partial charge in [-0.15, -0.1) is 11.3 Å². The Balaban J connectivity index is 1.48. The van der Waals surface area contributed by atoms with E-state index in [9.17, 15) is 14.0 Å². The van der Waals surface area contributed by atoms with E-state index in [1.54, 1.807) is 33.3 Å². The van der Waals surface area contributed by atoms with Crippen LogP contribution in [-0.2, 0) is 20.7 Å². The number of hydrogen-bond acceptors (Lipinski definition) is 5. The van der Waals surface area contributed by atoms with Gasteiger partial charge in [0.1, 0.15) is 18.2 Å². The molecule has 0 bridgehead atoms. The summed E-state index contributed by atoms with van der Waals surface area (Å²) in [4.78, 5) is 30.6. The molecule has 0 spiro atoms. The molecule has 2 aliphatic heterocycles. The number of halogens is 1. The number of carbonyl (C=O) groups is 2. The molecule has 172 valence electrons. The number of fused-ring (bicyclic) bond motifs is 1. The zero-order chi connectivity index (χ0) is 22.5. The monoisotopic (exact) mass is 460 g/mol. The van der Waals surface area contributed by atoms with Crippen molar-refractivity contribution in [3.8, 4) is 5.75 Å². The van der Waals surface area contributed by atoms with Crippen LogP contribution in [0.4, 0.5) is 4.39 Å². The molecule has 32 heavy (non-hydrogen) atoms. The third kappa shape index (κ3) is 5.30. The fourth-order valence-electron chi connectivity index (χ4n) is 4.37. The Hall–Kier alpha value is -2.45. The number of carbonyl (C=O) groups excluding carboxylic acids is 2. The van der Waals surface area contributed by atoms with E-state index in [4.69, 9.17) is 9.47 Å². The Kier molecular flexibility index (Phi) is 7.42.